The number of hydrogen-bond donors (Lipinski definition) is 1. The number of para-hydroxylation sites is 1. The highest BCUT2D eigenvalue weighted by molar-refractivity contribution is 7.98. The molecular weight excluding hydrogens is 308 g/mol. The summed E-state index contributed by atoms with van der Waals surface area (Å²) in [6.45, 7) is 0. The van der Waals surface area contributed by atoms with E-state index < -0.39 is 0 Å². The Kier molecular flexibility index (Phi) is 4.73. The number of aromatic nitrogens is 3. The van der Waals surface area contributed by atoms with E-state index in [-0.39, 0.29) is 5.75 Å². The van der Waals surface area contributed by atoms with Crippen molar-refractivity contribution >= 4 is 18.0 Å². The number of phenolic OH excluding ortho intramolecular Hbond substituents is 1. The summed E-state index contributed by atoms with van der Waals surface area (Å²) < 4.78 is 1.71. The Morgan fingerprint density at radius 2 is 1.83 bits per heavy atom. The second-order valence-corrected chi connectivity index (χ2v) is 5.65. The van der Waals surface area contributed by atoms with E-state index in [1.165, 1.54) is 11.8 Å². The van der Waals surface area contributed by atoms with E-state index in [0.717, 1.165) is 11.4 Å². The topological polar surface area (TPSA) is 63.3 Å². The molecule has 1 aromatic heterocycles. The standard InChI is InChI=1S/C17H16N4OS/c1-23-17-20-19-16(11-13-7-3-2-4-8-13)21(17)18-12-14-9-5-6-10-15(14)22/h2-10,12,22H,11H2,1H3/b18-12-. The van der Waals surface area contributed by atoms with Crippen LogP contribution in [0.2, 0.25) is 0 Å². The summed E-state index contributed by atoms with van der Waals surface area (Å²) in [5, 5.41) is 23.4. The maximum atomic E-state index is 9.83. The van der Waals surface area contributed by atoms with Crippen LogP contribution in [0.25, 0.3) is 0 Å². The molecule has 1 heterocycles. The van der Waals surface area contributed by atoms with Crippen molar-refractivity contribution in [3.63, 3.8) is 0 Å². The van der Waals surface area contributed by atoms with Gasteiger partial charge in [-0.2, -0.15) is 9.78 Å². The largest absolute Gasteiger partial charge is 0.507 e. The van der Waals surface area contributed by atoms with Gasteiger partial charge < -0.3 is 5.11 Å². The van der Waals surface area contributed by atoms with Crippen LogP contribution in [-0.4, -0.2) is 32.5 Å². The van der Waals surface area contributed by atoms with Crippen molar-refractivity contribution < 1.29 is 5.11 Å². The van der Waals surface area contributed by atoms with Crippen molar-refractivity contribution in [2.75, 3.05) is 6.26 Å². The van der Waals surface area contributed by atoms with E-state index >= 15 is 0 Å². The predicted molar refractivity (Wildman–Crippen MR) is 92.1 cm³/mol. The van der Waals surface area contributed by atoms with E-state index in [1.54, 1.807) is 29.1 Å². The highest BCUT2D eigenvalue weighted by Crippen LogP contribution is 2.17. The summed E-state index contributed by atoms with van der Waals surface area (Å²) in [4.78, 5) is 0. The molecule has 0 aliphatic carbocycles. The van der Waals surface area contributed by atoms with Gasteiger partial charge in [-0.05, 0) is 24.0 Å². The van der Waals surface area contributed by atoms with Crippen LogP contribution in [0.4, 0.5) is 0 Å². The molecule has 0 radical (unpaired) electrons. The van der Waals surface area contributed by atoms with Gasteiger partial charge in [-0.15, -0.1) is 10.2 Å². The molecule has 23 heavy (non-hydrogen) atoms. The predicted octanol–water partition coefficient (Wildman–Crippen LogP) is 3.18. The summed E-state index contributed by atoms with van der Waals surface area (Å²) in [7, 11) is 0. The molecule has 0 unspecified atom stereocenters. The molecule has 3 aromatic rings. The minimum absolute atomic E-state index is 0.194. The number of rotatable bonds is 5. The van der Waals surface area contributed by atoms with Crippen molar-refractivity contribution in [2.45, 2.75) is 11.6 Å². The SMILES string of the molecule is CSc1nnc(Cc2ccccc2)n1/N=C\c1ccccc1O. The molecule has 0 spiro atoms. The maximum Gasteiger partial charge on any atom is 0.211 e. The van der Waals surface area contributed by atoms with Crippen LogP contribution in [0.3, 0.4) is 0 Å². The lowest BCUT2D eigenvalue weighted by atomic mass is 10.1. The van der Waals surface area contributed by atoms with Gasteiger partial charge in [0, 0.05) is 12.0 Å². The molecule has 2 aromatic carbocycles. The van der Waals surface area contributed by atoms with Crippen LogP contribution in [0.5, 0.6) is 5.75 Å². The summed E-state index contributed by atoms with van der Waals surface area (Å²) >= 11 is 1.48. The summed E-state index contributed by atoms with van der Waals surface area (Å²) in [6.07, 6.45) is 4.20. The highest BCUT2D eigenvalue weighted by Gasteiger charge is 2.11. The zero-order chi connectivity index (χ0) is 16.1. The molecule has 0 aliphatic heterocycles. The van der Waals surface area contributed by atoms with Crippen molar-refractivity contribution in [2.24, 2.45) is 5.10 Å². The van der Waals surface area contributed by atoms with Crippen molar-refractivity contribution in [3.8, 4) is 5.75 Å². The maximum absolute atomic E-state index is 9.83. The molecule has 116 valence electrons. The van der Waals surface area contributed by atoms with Crippen LogP contribution in [0, 0.1) is 0 Å². The smallest absolute Gasteiger partial charge is 0.211 e. The average Bonchev–Trinajstić information content (AvgIpc) is 2.97. The first-order valence-electron chi connectivity index (χ1n) is 7.12. The minimum Gasteiger partial charge on any atom is -0.507 e. The Morgan fingerprint density at radius 3 is 2.57 bits per heavy atom. The Labute approximate surface area is 138 Å². The molecule has 0 aliphatic rings. The number of benzene rings is 2. The fraction of sp³-hybridized carbons (Fsp3) is 0.118. The molecular formula is C17H16N4OS. The Hall–Kier alpha value is -2.60. The molecule has 0 saturated carbocycles. The van der Waals surface area contributed by atoms with Gasteiger partial charge in [-0.25, -0.2) is 0 Å². The number of hydrogen-bond acceptors (Lipinski definition) is 5. The molecule has 0 atom stereocenters. The summed E-state index contributed by atoms with van der Waals surface area (Å²) in [5.74, 6) is 0.951. The lowest BCUT2D eigenvalue weighted by Crippen LogP contribution is -2.01. The molecule has 5 nitrogen and oxygen atoms in total. The number of phenols is 1. The van der Waals surface area contributed by atoms with Crippen LogP contribution >= 0.6 is 11.8 Å². The first-order valence-corrected chi connectivity index (χ1v) is 8.35. The number of thioether (sulfide) groups is 1. The van der Waals surface area contributed by atoms with Crippen molar-refractivity contribution in [1.29, 1.82) is 0 Å². The zero-order valence-electron chi connectivity index (χ0n) is 12.6. The van der Waals surface area contributed by atoms with E-state index in [1.807, 2.05) is 42.7 Å². The van der Waals surface area contributed by atoms with Gasteiger partial charge in [0.1, 0.15) is 5.75 Å². The highest BCUT2D eigenvalue weighted by atomic mass is 32.2. The van der Waals surface area contributed by atoms with Gasteiger partial charge >= 0.3 is 0 Å². The van der Waals surface area contributed by atoms with E-state index in [4.69, 9.17) is 0 Å². The molecule has 0 bridgehead atoms. The second kappa shape index (κ2) is 7.11. The van der Waals surface area contributed by atoms with Crippen LogP contribution in [0.15, 0.2) is 64.9 Å². The quantitative estimate of drug-likeness (QED) is 0.578. The lowest BCUT2D eigenvalue weighted by Gasteiger charge is -2.04. The van der Waals surface area contributed by atoms with Gasteiger partial charge in [0.2, 0.25) is 5.16 Å². The molecule has 0 saturated heterocycles. The fourth-order valence-corrected chi connectivity index (χ4v) is 2.59. The van der Waals surface area contributed by atoms with E-state index in [0.29, 0.717) is 17.1 Å². The average molecular weight is 324 g/mol. The zero-order valence-corrected chi connectivity index (χ0v) is 13.4. The van der Waals surface area contributed by atoms with Gasteiger partial charge in [0.15, 0.2) is 5.82 Å². The Bertz CT molecular complexity index is 814. The summed E-state index contributed by atoms with van der Waals surface area (Å²) in [6, 6.07) is 17.1. The molecule has 0 fully saturated rings. The molecule has 0 amide bonds. The van der Waals surface area contributed by atoms with E-state index in [2.05, 4.69) is 15.3 Å². The Morgan fingerprint density at radius 1 is 1.09 bits per heavy atom. The van der Waals surface area contributed by atoms with Crippen molar-refractivity contribution in [3.05, 3.63) is 71.5 Å². The van der Waals surface area contributed by atoms with E-state index in [9.17, 15) is 5.11 Å². The first-order chi connectivity index (χ1) is 11.3. The molecule has 6 heteroatoms. The Balaban J connectivity index is 1.91. The van der Waals surface area contributed by atoms with Gasteiger partial charge in [0.05, 0.1) is 6.21 Å². The monoisotopic (exact) mass is 324 g/mol. The normalized spacial score (nSPS) is 11.2. The van der Waals surface area contributed by atoms with Crippen LogP contribution in [0.1, 0.15) is 17.0 Å². The first kappa shape index (κ1) is 15.3. The van der Waals surface area contributed by atoms with Crippen LogP contribution in [-0.2, 0) is 6.42 Å². The molecule has 1 N–H and O–H groups in total. The van der Waals surface area contributed by atoms with Gasteiger partial charge in [-0.1, -0.05) is 54.2 Å². The fourth-order valence-electron chi connectivity index (χ4n) is 2.14. The third kappa shape index (κ3) is 3.60. The molecule has 3 rings (SSSR count). The second-order valence-electron chi connectivity index (χ2n) is 4.88. The lowest BCUT2D eigenvalue weighted by molar-refractivity contribution is 0.474. The van der Waals surface area contributed by atoms with Gasteiger partial charge in [-0.3, -0.25) is 0 Å². The van der Waals surface area contributed by atoms with Crippen LogP contribution < -0.4 is 0 Å². The number of nitrogens with zero attached hydrogens (tertiary/aromatic N) is 4. The third-order valence-corrected chi connectivity index (χ3v) is 3.93. The van der Waals surface area contributed by atoms with Gasteiger partial charge in [0.25, 0.3) is 0 Å². The van der Waals surface area contributed by atoms with Crippen molar-refractivity contribution in [1.82, 2.24) is 14.9 Å². The minimum atomic E-state index is 0.194. The number of aromatic hydroxyl groups is 1. The summed E-state index contributed by atoms with van der Waals surface area (Å²) in [5.41, 5.74) is 1.80. The third-order valence-electron chi connectivity index (χ3n) is 3.31.